The summed E-state index contributed by atoms with van der Waals surface area (Å²) in [6.07, 6.45) is 0. The lowest BCUT2D eigenvalue weighted by atomic mass is 10.2. The molecule has 0 aliphatic carbocycles. The molecule has 22 heavy (non-hydrogen) atoms. The summed E-state index contributed by atoms with van der Waals surface area (Å²) in [5.74, 6) is 0.242. The van der Waals surface area contributed by atoms with Crippen LogP contribution < -0.4 is 10.1 Å². The van der Waals surface area contributed by atoms with E-state index in [1.54, 1.807) is 24.3 Å². The van der Waals surface area contributed by atoms with Crippen molar-refractivity contribution in [2.24, 2.45) is 0 Å². The Kier molecular flexibility index (Phi) is 4.95. The number of nitro groups is 1. The van der Waals surface area contributed by atoms with Crippen molar-refractivity contribution in [1.29, 1.82) is 0 Å². The van der Waals surface area contributed by atoms with Gasteiger partial charge < -0.3 is 10.1 Å². The minimum atomic E-state index is -0.629. The van der Waals surface area contributed by atoms with E-state index in [1.807, 2.05) is 6.92 Å². The van der Waals surface area contributed by atoms with Crippen LogP contribution in [0.2, 0.25) is 5.02 Å². The lowest BCUT2D eigenvalue weighted by molar-refractivity contribution is -0.384. The third-order valence-electron chi connectivity index (χ3n) is 2.83. The number of halogens is 1. The number of rotatable bonds is 5. The highest BCUT2D eigenvalue weighted by Crippen LogP contribution is 2.25. The number of benzene rings is 2. The number of carbonyl (C=O) groups is 1. The summed E-state index contributed by atoms with van der Waals surface area (Å²) in [4.78, 5) is 22.3. The fourth-order valence-electron chi connectivity index (χ4n) is 1.80. The molecule has 0 unspecified atom stereocenters. The van der Waals surface area contributed by atoms with Crippen LogP contribution in [0.5, 0.6) is 5.75 Å². The van der Waals surface area contributed by atoms with Crippen molar-refractivity contribution >= 4 is 28.9 Å². The summed E-state index contributed by atoms with van der Waals surface area (Å²) < 4.78 is 5.30. The number of hydrogen-bond donors (Lipinski definition) is 1. The lowest BCUT2D eigenvalue weighted by Crippen LogP contribution is -2.12. The molecule has 0 aromatic heterocycles. The summed E-state index contributed by atoms with van der Waals surface area (Å²) in [5, 5.41) is 13.5. The van der Waals surface area contributed by atoms with E-state index in [2.05, 4.69) is 5.32 Å². The fraction of sp³-hybridized carbons (Fsp3) is 0.133. The van der Waals surface area contributed by atoms with Crippen LogP contribution in [0.15, 0.2) is 42.5 Å². The van der Waals surface area contributed by atoms with Crippen molar-refractivity contribution in [3.05, 3.63) is 63.2 Å². The van der Waals surface area contributed by atoms with Crippen molar-refractivity contribution in [2.45, 2.75) is 6.92 Å². The number of amides is 1. The number of nitrogens with one attached hydrogen (secondary N) is 1. The highest BCUT2D eigenvalue weighted by Gasteiger charge is 2.16. The second-order valence-corrected chi connectivity index (χ2v) is 4.74. The maximum atomic E-state index is 12.1. The third kappa shape index (κ3) is 3.73. The van der Waals surface area contributed by atoms with Gasteiger partial charge in [0.1, 0.15) is 10.8 Å². The maximum Gasteiger partial charge on any atom is 0.288 e. The molecule has 0 radical (unpaired) electrons. The molecule has 0 fully saturated rings. The van der Waals surface area contributed by atoms with Crippen molar-refractivity contribution in [3.8, 4) is 5.75 Å². The van der Waals surface area contributed by atoms with Crippen LogP contribution in [0.3, 0.4) is 0 Å². The molecule has 0 heterocycles. The van der Waals surface area contributed by atoms with E-state index in [4.69, 9.17) is 16.3 Å². The van der Waals surface area contributed by atoms with Gasteiger partial charge in [0.2, 0.25) is 0 Å². The molecule has 114 valence electrons. The van der Waals surface area contributed by atoms with Gasteiger partial charge >= 0.3 is 0 Å². The number of ether oxygens (including phenoxy) is 1. The molecule has 0 saturated carbocycles. The molecule has 0 saturated heterocycles. The Morgan fingerprint density at radius 3 is 2.55 bits per heavy atom. The van der Waals surface area contributed by atoms with Crippen LogP contribution in [-0.2, 0) is 0 Å². The molecule has 0 spiro atoms. The van der Waals surface area contributed by atoms with Crippen LogP contribution in [0.4, 0.5) is 11.4 Å². The van der Waals surface area contributed by atoms with Gasteiger partial charge in [-0.1, -0.05) is 11.6 Å². The summed E-state index contributed by atoms with van der Waals surface area (Å²) in [6, 6.07) is 10.7. The molecule has 0 atom stereocenters. The van der Waals surface area contributed by atoms with E-state index in [-0.39, 0.29) is 16.3 Å². The first-order valence-electron chi connectivity index (χ1n) is 6.49. The topological polar surface area (TPSA) is 81.5 Å². The van der Waals surface area contributed by atoms with Crippen LogP contribution in [-0.4, -0.2) is 17.4 Å². The molecular formula is C15H13ClN2O4. The largest absolute Gasteiger partial charge is 0.494 e. The smallest absolute Gasteiger partial charge is 0.288 e. The molecule has 0 bridgehead atoms. The van der Waals surface area contributed by atoms with Crippen LogP contribution >= 0.6 is 11.6 Å². The molecule has 0 aliphatic heterocycles. The molecule has 7 heteroatoms. The molecule has 6 nitrogen and oxygen atoms in total. The first-order valence-corrected chi connectivity index (χ1v) is 6.87. The fourth-order valence-corrected chi connectivity index (χ4v) is 1.98. The highest BCUT2D eigenvalue weighted by atomic mass is 35.5. The van der Waals surface area contributed by atoms with Crippen LogP contribution in [0, 0.1) is 10.1 Å². The van der Waals surface area contributed by atoms with E-state index < -0.39 is 10.8 Å². The summed E-state index contributed by atoms with van der Waals surface area (Å²) >= 11 is 5.72. The monoisotopic (exact) mass is 320 g/mol. The van der Waals surface area contributed by atoms with Gasteiger partial charge in [0.05, 0.1) is 11.5 Å². The van der Waals surface area contributed by atoms with Crippen molar-refractivity contribution in [1.82, 2.24) is 0 Å². The van der Waals surface area contributed by atoms with Gasteiger partial charge in [0, 0.05) is 17.3 Å². The number of hydrogen-bond acceptors (Lipinski definition) is 4. The van der Waals surface area contributed by atoms with Gasteiger partial charge in [0.15, 0.2) is 0 Å². The van der Waals surface area contributed by atoms with Gasteiger partial charge in [0.25, 0.3) is 11.6 Å². The van der Waals surface area contributed by atoms with Gasteiger partial charge in [-0.05, 0) is 43.3 Å². The normalized spacial score (nSPS) is 10.1. The average Bonchev–Trinajstić information content (AvgIpc) is 2.49. The predicted molar refractivity (Wildman–Crippen MR) is 83.7 cm³/mol. The average molecular weight is 321 g/mol. The van der Waals surface area contributed by atoms with Crippen molar-refractivity contribution < 1.29 is 14.5 Å². The maximum absolute atomic E-state index is 12.1. The molecule has 2 rings (SSSR count). The molecule has 2 aromatic rings. The summed E-state index contributed by atoms with van der Waals surface area (Å²) in [6.45, 7) is 2.43. The zero-order valence-electron chi connectivity index (χ0n) is 11.7. The van der Waals surface area contributed by atoms with Crippen LogP contribution in [0.1, 0.15) is 17.3 Å². The first-order chi connectivity index (χ1) is 10.5. The first kappa shape index (κ1) is 15.8. The highest BCUT2D eigenvalue weighted by molar-refractivity contribution is 6.32. The zero-order valence-corrected chi connectivity index (χ0v) is 12.5. The van der Waals surface area contributed by atoms with E-state index in [9.17, 15) is 14.9 Å². The number of anilines is 1. The van der Waals surface area contributed by atoms with Crippen molar-refractivity contribution in [2.75, 3.05) is 11.9 Å². The van der Waals surface area contributed by atoms with E-state index >= 15 is 0 Å². The Bertz CT molecular complexity index is 701. The Labute approximate surface area is 131 Å². The number of nitrogens with zero attached hydrogens (tertiary/aromatic N) is 1. The summed E-state index contributed by atoms with van der Waals surface area (Å²) in [7, 11) is 0. The van der Waals surface area contributed by atoms with E-state index in [0.717, 1.165) is 6.07 Å². The Balaban J connectivity index is 2.15. The number of carbonyl (C=O) groups excluding carboxylic acids is 1. The predicted octanol–water partition coefficient (Wildman–Crippen LogP) is 3.90. The Morgan fingerprint density at radius 1 is 1.27 bits per heavy atom. The van der Waals surface area contributed by atoms with Gasteiger partial charge in [-0.25, -0.2) is 0 Å². The van der Waals surface area contributed by atoms with Crippen LogP contribution in [0.25, 0.3) is 0 Å². The Hall–Kier alpha value is -2.60. The summed E-state index contributed by atoms with van der Waals surface area (Å²) in [5.41, 5.74) is 0.414. The molecule has 0 aliphatic rings. The van der Waals surface area contributed by atoms with Gasteiger partial charge in [-0.2, -0.15) is 0 Å². The van der Waals surface area contributed by atoms with Gasteiger partial charge in [-0.3, -0.25) is 14.9 Å². The second kappa shape index (κ2) is 6.91. The molecule has 1 amide bonds. The second-order valence-electron chi connectivity index (χ2n) is 4.33. The minimum absolute atomic E-state index is 0.0115. The SMILES string of the molecule is CCOc1ccc(NC(=O)c2ccc(Cl)c([N+](=O)[O-])c2)cc1. The van der Waals surface area contributed by atoms with Gasteiger partial charge in [-0.15, -0.1) is 0 Å². The lowest BCUT2D eigenvalue weighted by Gasteiger charge is -2.07. The Morgan fingerprint density at radius 2 is 1.95 bits per heavy atom. The number of nitro benzene ring substituents is 1. The minimum Gasteiger partial charge on any atom is -0.494 e. The van der Waals surface area contributed by atoms with Crippen molar-refractivity contribution in [3.63, 3.8) is 0 Å². The molecule has 1 N–H and O–H groups in total. The van der Waals surface area contributed by atoms with E-state index in [0.29, 0.717) is 18.0 Å². The van der Waals surface area contributed by atoms with E-state index in [1.165, 1.54) is 12.1 Å². The zero-order chi connectivity index (χ0) is 16.1. The quantitative estimate of drug-likeness (QED) is 0.669. The standard InChI is InChI=1S/C15H13ClN2O4/c1-2-22-12-6-4-11(5-7-12)17-15(19)10-3-8-13(16)14(9-10)18(20)21/h3-9H,2H2,1H3,(H,17,19). The molecular weight excluding hydrogens is 308 g/mol. The molecule has 2 aromatic carbocycles. The third-order valence-corrected chi connectivity index (χ3v) is 3.15.